The molecule has 102 valence electrons. The standard InChI is InChI=1S/C13H15BrN2O3/c14-10-3-1-2-4-11(10)16-8-9(5-6-13(18)19)15-7-12(16)17/h1-4,9,15H,5-8H2,(H,18,19). The molecule has 5 nitrogen and oxygen atoms in total. The Labute approximate surface area is 119 Å². The number of carboxylic acids is 1. The molecule has 0 spiro atoms. The average molecular weight is 327 g/mol. The Hall–Kier alpha value is -1.40. The first kappa shape index (κ1) is 14.0. The largest absolute Gasteiger partial charge is 0.481 e. The van der Waals surface area contributed by atoms with Crippen LogP contribution in [0.2, 0.25) is 0 Å². The molecule has 1 atom stereocenters. The monoisotopic (exact) mass is 326 g/mol. The highest BCUT2D eigenvalue weighted by Crippen LogP contribution is 2.27. The van der Waals surface area contributed by atoms with Crippen molar-refractivity contribution in [3.05, 3.63) is 28.7 Å². The SMILES string of the molecule is O=C(O)CCC1CN(c2ccccc2Br)C(=O)CN1. The van der Waals surface area contributed by atoms with E-state index in [0.29, 0.717) is 13.0 Å². The van der Waals surface area contributed by atoms with Gasteiger partial charge >= 0.3 is 5.97 Å². The van der Waals surface area contributed by atoms with E-state index in [1.54, 1.807) is 4.90 Å². The number of nitrogens with one attached hydrogen (secondary N) is 1. The molecule has 1 heterocycles. The van der Waals surface area contributed by atoms with Crippen LogP contribution in [0.3, 0.4) is 0 Å². The molecule has 6 heteroatoms. The predicted octanol–water partition coefficient (Wildman–Crippen LogP) is 1.62. The van der Waals surface area contributed by atoms with Crippen LogP contribution >= 0.6 is 15.9 Å². The minimum Gasteiger partial charge on any atom is -0.481 e. The number of nitrogens with zero attached hydrogens (tertiary/aromatic N) is 1. The van der Waals surface area contributed by atoms with Crippen LogP contribution in [-0.2, 0) is 9.59 Å². The number of piperazine rings is 1. The van der Waals surface area contributed by atoms with Crippen LogP contribution < -0.4 is 10.2 Å². The summed E-state index contributed by atoms with van der Waals surface area (Å²) >= 11 is 3.43. The summed E-state index contributed by atoms with van der Waals surface area (Å²) in [6.07, 6.45) is 0.624. The number of rotatable bonds is 4. The third kappa shape index (κ3) is 3.54. The van der Waals surface area contributed by atoms with Crippen LogP contribution in [0.4, 0.5) is 5.69 Å². The maximum absolute atomic E-state index is 12.0. The number of anilines is 1. The number of aliphatic carboxylic acids is 1. The molecule has 0 aliphatic carbocycles. The van der Waals surface area contributed by atoms with Gasteiger partial charge in [0.2, 0.25) is 5.91 Å². The smallest absolute Gasteiger partial charge is 0.303 e. The highest BCUT2D eigenvalue weighted by atomic mass is 79.9. The Bertz CT molecular complexity index is 493. The van der Waals surface area contributed by atoms with Gasteiger partial charge in [-0.05, 0) is 34.5 Å². The topological polar surface area (TPSA) is 69.6 Å². The zero-order valence-electron chi connectivity index (χ0n) is 10.3. The van der Waals surface area contributed by atoms with Crippen molar-refractivity contribution in [2.24, 2.45) is 0 Å². The molecule has 0 aromatic heterocycles. The number of hydrogen-bond donors (Lipinski definition) is 2. The minimum absolute atomic E-state index is 0.00141. The van der Waals surface area contributed by atoms with Crippen LogP contribution in [0, 0.1) is 0 Å². The van der Waals surface area contributed by atoms with Gasteiger partial charge in [0.05, 0.1) is 12.2 Å². The summed E-state index contributed by atoms with van der Waals surface area (Å²) in [7, 11) is 0. The molecule has 1 unspecified atom stereocenters. The molecule has 1 aliphatic rings. The van der Waals surface area contributed by atoms with Crippen molar-refractivity contribution < 1.29 is 14.7 Å². The van der Waals surface area contributed by atoms with Gasteiger partial charge in [-0.25, -0.2) is 0 Å². The van der Waals surface area contributed by atoms with E-state index in [1.807, 2.05) is 24.3 Å². The van der Waals surface area contributed by atoms with Gasteiger partial charge in [-0.3, -0.25) is 9.59 Å². The lowest BCUT2D eigenvalue weighted by Gasteiger charge is -2.34. The first-order valence-corrected chi connectivity index (χ1v) is 6.87. The molecule has 2 N–H and O–H groups in total. The summed E-state index contributed by atoms with van der Waals surface area (Å²) in [6.45, 7) is 0.736. The Kier molecular flexibility index (Phi) is 4.55. The van der Waals surface area contributed by atoms with Gasteiger partial charge in [0, 0.05) is 23.5 Å². The molecule has 1 amide bonds. The van der Waals surface area contributed by atoms with Gasteiger partial charge in [-0.2, -0.15) is 0 Å². The summed E-state index contributed by atoms with van der Waals surface area (Å²) in [5.74, 6) is -0.815. The van der Waals surface area contributed by atoms with Crippen LogP contribution in [0.1, 0.15) is 12.8 Å². The summed E-state index contributed by atoms with van der Waals surface area (Å²) in [5.41, 5.74) is 0.828. The van der Waals surface area contributed by atoms with Crippen molar-refractivity contribution in [1.82, 2.24) is 5.32 Å². The number of carbonyl (C=O) groups is 2. The van der Waals surface area contributed by atoms with Crippen LogP contribution in [-0.4, -0.2) is 36.1 Å². The summed E-state index contributed by atoms with van der Waals surface area (Å²) in [4.78, 5) is 24.3. The Morgan fingerprint density at radius 3 is 2.89 bits per heavy atom. The number of carboxylic acid groups (broad SMARTS) is 1. The number of hydrogen-bond acceptors (Lipinski definition) is 3. The van der Waals surface area contributed by atoms with E-state index in [2.05, 4.69) is 21.2 Å². The van der Waals surface area contributed by atoms with Crippen LogP contribution in [0.15, 0.2) is 28.7 Å². The van der Waals surface area contributed by atoms with Crippen molar-refractivity contribution in [2.45, 2.75) is 18.9 Å². The number of benzene rings is 1. The minimum atomic E-state index is -0.814. The molecule has 19 heavy (non-hydrogen) atoms. The lowest BCUT2D eigenvalue weighted by atomic mass is 10.1. The van der Waals surface area contributed by atoms with Gasteiger partial charge in [-0.1, -0.05) is 12.1 Å². The molecular formula is C13H15BrN2O3. The lowest BCUT2D eigenvalue weighted by molar-refractivity contribution is -0.137. The second-order valence-electron chi connectivity index (χ2n) is 4.47. The molecular weight excluding hydrogens is 312 g/mol. The van der Waals surface area contributed by atoms with Crippen molar-refractivity contribution in [1.29, 1.82) is 0 Å². The second-order valence-corrected chi connectivity index (χ2v) is 5.32. The number of para-hydroxylation sites is 1. The zero-order valence-corrected chi connectivity index (χ0v) is 11.9. The van der Waals surface area contributed by atoms with Gasteiger partial charge < -0.3 is 15.3 Å². The van der Waals surface area contributed by atoms with Crippen molar-refractivity contribution in [2.75, 3.05) is 18.0 Å². The third-order valence-electron chi connectivity index (χ3n) is 3.10. The van der Waals surface area contributed by atoms with Gasteiger partial charge in [0.1, 0.15) is 0 Å². The normalized spacial score (nSPS) is 19.5. The van der Waals surface area contributed by atoms with E-state index in [1.165, 1.54) is 0 Å². The summed E-state index contributed by atoms with van der Waals surface area (Å²) in [6, 6.07) is 7.54. The van der Waals surface area contributed by atoms with Gasteiger partial charge in [0.25, 0.3) is 0 Å². The fourth-order valence-electron chi connectivity index (χ4n) is 2.11. The van der Waals surface area contributed by atoms with Gasteiger partial charge in [-0.15, -0.1) is 0 Å². The Morgan fingerprint density at radius 1 is 1.47 bits per heavy atom. The number of carbonyl (C=O) groups excluding carboxylic acids is 1. The molecule has 2 rings (SSSR count). The van der Waals surface area contributed by atoms with Gasteiger partial charge in [0.15, 0.2) is 0 Å². The molecule has 0 bridgehead atoms. The lowest BCUT2D eigenvalue weighted by Crippen LogP contribution is -2.54. The van der Waals surface area contributed by atoms with E-state index >= 15 is 0 Å². The highest BCUT2D eigenvalue weighted by molar-refractivity contribution is 9.10. The molecule has 0 saturated carbocycles. The maximum atomic E-state index is 12.0. The van der Waals surface area contributed by atoms with E-state index in [4.69, 9.17) is 5.11 Å². The second kappa shape index (κ2) is 6.16. The Balaban J connectivity index is 2.09. The van der Waals surface area contributed by atoms with Crippen molar-refractivity contribution in [3.63, 3.8) is 0 Å². The maximum Gasteiger partial charge on any atom is 0.303 e. The summed E-state index contributed by atoms with van der Waals surface area (Å²) < 4.78 is 0.863. The first-order valence-electron chi connectivity index (χ1n) is 6.08. The quantitative estimate of drug-likeness (QED) is 0.882. The number of halogens is 1. The third-order valence-corrected chi connectivity index (χ3v) is 3.77. The molecule has 1 aromatic carbocycles. The molecule has 1 aromatic rings. The Morgan fingerprint density at radius 2 is 2.21 bits per heavy atom. The van der Waals surface area contributed by atoms with E-state index in [9.17, 15) is 9.59 Å². The van der Waals surface area contributed by atoms with Crippen molar-refractivity contribution >= 4 is 33.5 Å². The molecule has 1 saturated heterocycles. The fourth-order valence-corrected chi connectivity index (χ4v) is 2.61. The molecule has 1 aliphatic heterocycles. The first-order chi connectivity index (χ1) is 9.08. The molecule has 0 radical (unpaired) electrons. The van der Waals surface area contributed by atoms with Crippen LogP contribution in [0.5, 0.6) is 0 Å². The summed E-state index contributed by atoms with van der Waals surface area (Å²) in [5, 5.41) is 11.8. The van der Waals surface area contributed by atoms with Crippen LogP contribution in [0.25, 0.3) is 0 Å². The molecule has 1 fully saturated rings. The van der Waals surface area contributed by atoms with E-state index < -0.39 is 5.97 Å². The zero-order chi connectivity index (χ0) is 13.8. The van der Waals surface area contributed by atoms with E-state index in [-0.39, 0.29) is 24.9 Å². The highest BCUT2D eigenvalue weighted by Gasteiger charge is 2.27. The predicted molar refractivity (Wildman–Crippen MR) is 75.2 cm³/mol. The van der Waals surface area contributed by atoms with E-state index in [0.717, 1.165) is 10.2 Å². The van der Waals surface area contributed by atoms with Crippen molar-refractivity contribution in [3.8, 4) is 0 Å². The fraction of sp³-hybridized carbons (Fsp3) is 0.385. The number of amides is 1. The average Bonchev–Trinajstić information content (AvgIpc) is 2.38.